The first-order chi connectivity index (χ1) is 17.0. The summed E-state index contributed by atoms with van der Waals surface area (Å²) in [5.41, 5.74) is 3.29. The average Bonchev–Trinajstić information content (AvgIpc) is 2.85. The van der Waals surface area contributed by atoms with Crippen LogP contribution in [0.25, 0.3) is 10.9 Å². The van der Waals surface area contributed by atoms with Crippen molar-refractivity contribution in [2.45, 2.75) is 32.4 Å². The molecule has 1 saturated heterocycles. The van der Waals surface area contributed by atoms with Crippen molar-refractivity contribution in [3.8, 4) is 0 Å². The number of pyridine rings is 1. The van der Waals surface area contributed by atoms with Gasteiger partial charge in [0, 0.05) is 49.8 Å². The van der Waals surface area contributed by atoms with Crippen LogP contribution in [0.4, 0.5) is 19.7 Å². The molecular formula is C26H31FN6O2. The van der Waals surface area contributed by atoms with Crippen LogP contribution >= 0.6 is 0 Å². The fourth-order valence-electron chi connectivity index (χ4n) is 4.23. The predicted molar refractivity (Wildman–Crippen MR) is 135 cm³/mol. The summed E-state index contributed by atoms with van der Waals surface area (Å²) < 4.78 is 13.0. The molecule has 0 aliphatic carbocycles. The largest absolute Gasteiger partial charge is 0.337 e. The number of rotatable bonds is 7. The highest BCUT2D eigenvalue weighted by atomic mass is 19.1. The Bertz CT molecular complexity index is 1160. The number of anilines is 1. The summed E-state index contributed by atoms with van der Waals surface area (Å²) in [6, 6.07) is 15.3. The van der Waals surface area contributed by atoms with Crippen LogP contribution in [0.15, 0.2) is 54.6 Å². The standard InChI is InChI=1S/C26H31FN6O2/c1-18-16-24(22-4-2-3-5-23(22)30-18)32-25(34)28-12-15-33-13-10-21(11-14-33)31-26(35)29-17-19-6-8-20(27)9-7-19/h2-9,16,21H,10-15,17H2,1H3,(H2,29,31,35)(H2,28,30,32,34). The third kappa shape index (κ3) is 7.13. The van der Waals surface area contributed by atoms with Gasteiger partial charge in [-0.1, -0.05) is 30.3 Å². The summed E-state index contributed by atoms with van der Waals surface area (Å²) in [4.78, 5) is 31.4. The number of piperidine rings is 1. The second-order valence-corrected chi connectivity index (χ2v) is 8.78. The van der Waals surface area contributed by atoms with Gasteiger partial charge in [0.2, 0.25) is 0 Å². The molecule has 0 atom stereocenters. The Morgan fingerprint density at radius 3 is 2.54 bits per heavy atom. The van der Waals surface area contributed by atoms with E-state index in [-0.39, 0.29) is 23.9 Å². The SMILES string of the molecule is Cc1cc(NC(=O)NCCN2CCC(NC(=O)NCc3ccc(F)cc3)CC2)c2ccccc2n1. The lowest BCUT2D eigenvalue weighted by Crippen LogP contribution is -2.49. The van der Waals surface area contributed by atoms with Crippen LogP contribution in [0.1, 0.15) is 24.1 Å². The quantitative estimate of drug-likeness (QED) is 0.416. The highest BCUT2D eigenvalue weighted by Crippen LogP contribution is 2.22. The molecule has 0 spiro atoms. The molecule has 3 aromatic rings. The van der Waals surface area contributed by atoms with E-state index in [0.29, 0.717) is 13.1 Å². The van der Waals surface area contributed by atoms with Crippen molar-refractivity contribution in [2.24, 2.45) is 0 Å². The van der Waals surface area contributed by atoms with Crippen molar-refractivity contribution >= 4 is 28.7 Å². The molecule has 2 aromatic carbocycles. The van der Waals surface area contributed by atoms with Crippen molar-refractivity contribution in [2.75, 3.05) is 31.5 Å². The molecule has 1 aliphatic rings. The van der Waals surface area contributed by atoms with Gasteiger partial charge in [0.25, 0.3) is 0 Å². The van der Waals surface area contributed by atoms with Gasteiger partial charge in [-0.25, -0.2) is 14.0 Å². The molecule has 1 aromatic heterocycles. The number of amides is 4. The number of nitrogens with zero attached hydrogens (tertiary/aromatic N) is 2. The molecule has 2 heterocycles. The molecule has 4 rings (SSSR count). The van der Waals surface area contributed by atoms with Gasteiger partial charge < -0.3 is 26.2 Å². The molecule has 0 radical (unpaired) electrons. The van der Waals surface area contributed by atoms with E-state index in [0.717, 1.165) is 60.3 Å². The van der Waals surface area contributed by atoms with Gasteiger partial charge in [-0.3, -0.25) is 4.98 Å². The lowest BCUT2D eigenvalue weighted by Gasteiger charge is -2.32. The number of aromatic nitrogens is 1. The first-order valence-electron chi connectivity index (χ1n) is 11.9. The number of hydrogen-bond acceptors (Lipinski definition) is 4. The van der Waals surface area contributed by atoms with Gasteiger partial charge in [0.15, 0.2) is 0 Å². The average molecular weight is 479 g/mol. The number of para-hydroxylation sites is 1. The highest BCUT2D eigenvalue weighted by Gasteiger charge is 2.20. The zero-order valence-electron chi connectivity index (χ0n) is 19.8. The molecule has 35 heavy (non-hydrogen) atoms. The monoisotopic (exact) mass is 478 g/mol. The third-order valence-corrected chi connectivity index (χ3v) is 6.10. The topological polar surface area (TPSA) is 98.4 Å². The highest BCUT2D eigenvalue weighted by molar-refractivity contribution is 6.00. The van der Waals surface area contributed by atoms with Crippen molar-refractivity contribution in [3.05, 3.63) is 71.7 Å². The molecule has 4 N–H and O–H groups in total. The maximum Gasteiger partial charge on any atom is 0.319 e. The number of urea groups is 2. The fraction of sp³-hybridized carbons (Fsp3) is 0.346. The molecule has 1 aliphatic heterocycles. The van der Waals surface area contributed by atoms with Crippen LogP contribution in [0.2, 0.25) is 0 Å². The van der Waals surface area contributed by atoms with Gasteiger partial charge in [0.05, 0.1) is 11.2 Å². The number of benzene rings is 2. The van der Waals surface area contributed by atoms with Gasteiger partial charge in [-0.2, -0.15) is 0 Å². The Morgan fingerprint density at radius 2 is 1.77 bits per heavy atom. The Morgan fingerprint density at radius 1 is 1.03 bits per heavy atom. The van der Waals surface area contributed by atoms with E-state index in [1.807, 2.05) is 37.3 Å². The Balaban J connectivity index is 1.13. The maximum absolute atomic E-state index is 13.0. The van der Waals surface area contributed by atoms with Gasteiger partial charge >= 0.3 is 12.1 Å². The van der Waals surface area contributed by atoms with E-state index in [9.17, 15) is 14.0 Å². The lowest BCUT2D eigenvalue weighted by atomic mass is 10.1. The number of aryl methyl sites for hydroxylation is 1. The van der Waals surface area contributed by atoms with E-state index in [1.165, 1.54) is 12.1 Å². The summed E-state index contributed by atoms with van der Waals surface area (Å²) in [6.45, 7) is 5.23. The molecule has 0 saturated carbocycles. The summed E-state index contributed by atoms with van der Waals surface area (Å²) >= 11 is 0. The van der Waals surface area contributed by atoms with Crippen LogP contribution in [-0.4, -0.2) is 54.2 Å². The number of carbonyl (C=O) groups is 2. The van der Waals surface area contributed by atoms with E-state index in [2.05, 4.69) is 31.2 Å². The molecule has 4 amide bonds. The third-order valence-electron chi connectivity index (χ3n) is 6.10. The number of fused-ring (bicyclic) bond motifs is 1. The van der Waals surface area contributed by atoms with E-state index < -0.39 is 0 Å². The van der Waals surface area contributed by atoms with Gasteiger partial charge in [0.1, 0.15) is 5.82 Å². The first kappa shape index (κ1) is 24.4. The normalized spacial score (nSPS) is 14.5. The number of nitrogens with one attached hydrogen (secondary N) is 4. The van der Waals surface area contributed by atoms with Crippen molar-refractivity contribution in [3.63, 3.8) is 0 Å². The van der Waals surface area contributed by atoms with Crippen LogP contribution in [0.3, 0.4) is 0 Å². The van der Waals surface area contributed by atoms with Crippen LogP contribution in [0, 0.1) is 12.7 Å². The second-order valence-electron chi connectivity index (χ2n) is 8.78. The zero-order valence-corrected chi connectivity index (χ0v) is 19.8. The van der Waals surface area contributed by atoms with Crippen molar-refractivity contribution in [1.82, 2.24) is 25.8 Å². The van der Waals surface area contributed by atoms with E-state index in [4.69, 9.17) is 0 Å². The van der Waals surface area contributed by atoms with Crippen molar-refractivity contribution in [1.29, 1.82) is 0 Å². The predicted octanol–water partition coefficient (Wildman–Crippen LogP) is 3.77. The number of carbonyl (C=O) groups excluding carboxylic acids is 2. The molecular weight excluding hydrogens is 447 g/mol. The second kappa shape index (κ2) is 11.6. The minimum absolute atomic E-state index is 0.110. The van der Waals surface area contributed by atoms with Crippen LogP contribution in [-0.2, 0) is 6.54 Å². The molecule has 9 heteroatoms. The molecule has 184 valence electrons. The lowest BCUT2D eigenvalue weighted by molar-refractivity contribution is 0.192. The summed E-state index contributed by atoms with van der Waals surface area (Å²) in [6.07, 6.45) is 1.69. The number of likely N-dealkylation sites (tertiary alicyclic amines) is 1. The summed E-state index contributed by atoms with van der Waals surface area (Å²) in [5.74, 6) is -0.293. The molecule has 0 bridgehead atoms. The first-order valence-corrected chi connectivity index (χ1v) is 11.9. The number of hydrogen-bond donors (Lipinski definition) is 4. The minimum Gasteiger partial charge on any atom is -0.337 e. The van der Waals surface area contributed by atoms with Gasteiger partial charge in [-0.15, -0.1) is 0 Å². The van der Waals surface area contributed by atoms with Crippen LogP contribution < -0.4 is 21.3 Å². The maximum atomic E-state index is 13.0. The Labute approximate surface area is 204 Å². The van der Waals surface area contributed by atoms with Crippen LogP contribution in [0.5, 0.6) is 0 Å². The van der Waals surface area contributed by atoms with Crippen molar-refractivity contribution < 1.29 is 14.0 Å². The Hall–Kier alpha value is -3.72. The molecule has 0 unspecified atom stereocenters. The molecule has 1 fully saturated rings. The van der Waals surface area contributed by atoms with Gasteiger partial charge in [-0.05, 0) is 49.6 Å². The van der Waals surface area contributed by atoms with E-state index >= 15 is 0 Å². The minimum atomic E-state index is -0.293. The summed E-state index contributed by atoms with van der Waals surface area (Å²) in [7, 11) is 0. The summed E-state index contributed by atoms with van der Waals surface area (Å²) in [5, 5.41) is 12.6. The molecule has 8 nitrogen and oxygen atoms in total. The fourth-order valence-corrected chi connectivity index (χ4v) is 4.23. The Kier molecular flexibility index (Phi) is 8.10. The smallest absolute Gasteiger partial charge is 0.319 e. The van der Waals surface area contributed by atoms with E-state index in [1.54, 1.807) is 12.1 Å². The zero-order chi connectivity index (χ0) is 24.6. The number of halogens is 1.